The zero-order valence-electron chi connectivity index (χ0n) is 9.89. The molecule has 1 aromatic carbocycles. The summed E-state index contributed by atoms with van der Waals surface area (Å²) in [4.78, 5) is 2.49. The maximum absolute atomic E-state index is 3.45. The lowest BCUT2D eigenvalue weighted by molar-refractivity contribution is 0.227. The molecule has 1 saturated heterocycles. The highest BCUT2D eigenvalue weighted by Crippen LogP contribution is 2.03. The lowest BCUT2D eigenvalue weighted by Gasteiger charge is -2.30. The van der Waals surface area contributed by atoms with E-state index in [1.165, 1.54) is 5.56 Å². The van der Waals surface area contributed by atoms with Crippen molar-refractivity contribution >= 4 is 6.08 Å². The van der Waals surface area contributed by atoms with Crippen LogP contribution in [0.2, 0.25) is 0 Å². The van der Waals surface area contributed by atoms with E-state index in [1.54, 1.807) is 0 Å². The van der Waals surface area contributed by atoms with Gasteiger partial charge in [-0.25, -0.2) is 0 Å². The van der Waals surface area contributed by atoms with E-state index in [1.807, 2.05) is 0 Å². The van der Waals surface area contributed by atoms with Crippen molar-refractivity contribution in [3.05, 3.63) is 42.0 Å². The summed E-state index contributed by atoms with van der Waals surface area (Å²) in [6, 6.07) is 11.1. The Morgan fingerprint density at radius 1 is 1.38 bits per heavy atom. The van der Waals surface area contributed by atoms with Crippen molar-refractivity contribution in [3.8, 4) is 0 Å². The first-order chi connectivity index (χ1) is 7.84. The summed E-state index contributed by atoms with van der Waals surface area (Å²) >= 11 is 0. The molecule has 0 amide bonds. The normalized spacial score (nSPS) is 22.7. The molecule has 2 heteroatoms. The largest absolute Gasteiger partial charge is 0.312 e. The van der Waals surface area contributed by atoms with E-state index >= 15 is 0 Å². The van der Waals surface area contributed by atoms with Crippen LogP contribution in [0.3, 0.4) is 0 Å². The van der Waals surface area contributed by atoms with Gasteiger partial charge in [-0.2, -0.15) is 0 Å². The van der Waals surface area contributed by atoms with Gasteiger partial charge >= 0.3 is 0 Å². The number of rotatable bonds is 3. The number of hydrogen-bond acceptors (Lipinski definition) is 2. The molecule has 1 N–H and O–H groups in total. The van der Waals surface area contributed by atoms with Gasteiger partial charge in [-0.3, -0.25) is 4.90 Å². The second-order valence-electron chi connectivity index (χ2n) is 4.43. The molecular weight excluding hydrogens is 196 g/mol. The lowest BCUT2D eigenvalue weighted by atomic mass is 10.2. The third-order valence-corrected chi connectivity index (χ3v) is 2.93. The van der Waals surface area contributed by atoms with E-state index < -0.39 is 0 Å². The van der Waals surface area contributed by atoms with Crippen LogP contribution in [0.1, 0.15) is 12.5 Å². The Kier molecular flexibility index (Phi) is 4.14. The molecule has 2 rings (SSSR count). The van der Waals surface area contributed by atoms with Gasteiger partial charge in [-0.05, 0) is 12.5 Å². The third-order valence-electron chi connectivity index (χ3n) is 2.93. The van der Waals surface area contributed by atoms with E-state index in [0.29, 0.717) is 6.04 Å². The SMILES string of the molecule is CC1CN(C/C=C/c2ccccc2)CCN1. The summed E-state index contributed by atoms with van der Waals surface area (Å²) in [5.41, 5.74) is 1.28. The second-order valence-corrected chi connectivity index (χ2v) is 4.43. The van der Waals surface area contributed by atoms with Crippen LogP contribution in [0, 0.1) is 0 Å². The number of nitrogens with zero attached hydrogens (tertiary/aromatic N) is 1. The van der Waals surface area contributed by atoms with E-state index in [-0.39, 0.29) is 0 Å². The summed E-state index contributed by atoms with van der Waals surface area (Å²) in [5.74, 6) is 0. The Labute approximate surface area is 98.0 Å². The molecule has 0 aliphatic carbocycles. The van der Waals surface area contributed by atoms with Gasteiger partial charge in [0.05, 0.1) is 0 Å². The molecule has 1 heterocycles. The van der Waals surface area contributed by atoms with Crippen LogP contribution in [0.25, 0.3) is 6.08 Å². The Balaban J connectivity index is 1.80. The van der Waals surface area contributed by atoms with Crippen LogP contribution in [0.15, 0.2) is 36.4 Å². The summed E-state index contributed by atoms with van der Waals surface area (Å²) < 4.78 is 0. The zero-order chi connectivity index (χ0) is 11.2. The standard InChI is InChI=1S/C14H20N2/c1-13-12-16(11-9-15-13)10-5-8-14-6-3-2-4-7-14/h2-8,13,15H,9-12H2,1H3/b8-5+. The molecule has 1 aliphatic rings. The maximum atomic E-state index is 3.45. The van der Waals surface area contributed by atoms with Crippen molar-refractivity contribution in [2.45, 2.75) is 13.0 Å². The molecule has 16 heavy (non-hydrogen) atoms. The molecule has 0 bridgehead atoms. The van der Waals surface area contributed by atoms with Crippen LogP contribution in [0.4, 0.5) is 0 Å². The minimum atomic E-state index is 0.624. The molecule has 1 atom stereocenters. The summed E-state index contributed by atoms with van der Waals surface area (Å²) in [6.45, 7) is 6.72. The Hall–Kier alpha value is -1.12. The maximum Gasteiger partial charge on any atom is 0.0167 e. The Bertz CT molecular complexity index is 332. The van der Waals surface area contributed by atoms with Crippen LogP contribution in [0.5, 0.6) is 0 Å². The molecule has 0 aromatic heterocycles. The summed E-state index contributed by atoms with van der Waals surface area (Å²) in [5, 5.41) is 3.45. The minimum absolute atomic E-state index is 0.624. The fraction of sp³-hybridized carbons (Fsp3) is 0.429. The van der Waals surface area contributed by atoms with Gasteiger partial charge < -0.3 is 5.32 Å². The van der Waals surface area contributed by atoms with Gasteiger partial charge in [0, 0.05) is 32.2 Å². The second kappa shape index (κ2) is 5.83. The van der Waals surface area contributed by atoms with E-state index in [2.05, 4.69) is 59.6 Å². The van der Waals surface area contributed by atoms with Crippen LogP contribution in [-0.2, 0) is 0 Å². The first kappa shape index (κ1) is 11.4. The van der Waals surface area contributed by atoms with Gasteiger partial charge in [-0.15, -0.1) is 0 Å². The summed E-state index contributed by atoms with van der Waals surface area (Å²) in [6.07, 6.45) is 4.46. The van der Waals surface area contributed by atoms with Crippen LogP contribution in [-0.4, -0.2) is 37.1 Å². The smallest absolute Gasteiger partial charge is 0.0167 e. The van der Waals surface area contributed by atoms with E-state index in [0.717, 1.165) is 26.2 Å². The molecule has 1 fully saturated rings. The average Bonchev–Trinajstić information content (AvgIpc) is 2.30. The molecule has 1 aliphatic heterocycles. The molecule has 0 radical (unpaired) electrons. The molecule has 1 aromatic rings. The zero-order valence-corrected chi connectivity index (χ0v) is 9.89. The first-order valence-electron chi connectivity index (χ1n) is 6.02. The highest BCUT2D eigenvalue weighted by molar-refractivity contribution is 5.48. The van der Waals surface area contributed by atoms with Crippen LogP contribution >= 0.6 is 0 Å². The van der Waals surface area contributed by atoms with Crippen molar-refractivity contribution in [1.82, 2.24) is 10.2 Å². The molecule has 1 unspecified atom stereocenters. The van der Waals surface area contributed by atoms with E-state index in [4.69, 9.17) is 0 Å². The molecular formula is C14H20N2. The predicted molar refractivity (Wildman–Crippen MR) is 69.4 cm³/mol. The minimum Gasteiger partial charge on any atom is -0.312 e. The fourth-order valence-corrected chi connectivity index (χ4v) is 2.08. The molecule has 0 saturated carbocycles. The highest BCUT2D eigenvalue weighted by atomic mass is 15.2. The van der Waals surface area contributed by atoms with Gasteiger partial charge in [-0.1, -0.05) is 42.5 Å². The number of benzene rings is 1. The topological polar surface area (TPSA) is 15.3 Å². The molecule has 86 valence electrons. The van der Waals surface area contributed by atoms with Crippen LogP contribution < -0.4 is 5.32 Å². The predicted octanol–water partition coefficient (Wildman–Crippen LogP) is 1.99. The van der Waals surface area contributed by atoms with Crippen molar-refractivity contribution in [2.75, 3.05) is 26.2 Å². The van der Waals surface area contributed by atoms with Crippen molar-refractivity contribution in [1.29, 1.82) is 0 Å². The Morgan fingerprint density at radius 2 is 2.19 bits per heavy atom. The fourth-order valence-electron chi connectivity index (χ4n) is 2.08. The first-order valence-corrected chi connectivity index (χ1v) is 6.02. The third kappa shape index (κ3) is 3.47. The van der Waals surface area contributed by atoms with Gasteiger partial charge in [0.25, 0.3) is 0 Å². The average molecular weight is 216 g/mol. The monoisotopic (exact) mass is 216 g/mol. The molecule has 2 nitrogen and oxygen atoms in total. The van der Waals surface area contributed by atoms with E-state index in [9.17, 15) is 0 Å². The quantitative estimate of drug-likeness (QED) is 0.831. The van der Waals surface area contributed by atoms with Gasteiger partial charge in [0.15, 0.2) is 0 Å². The number of hydrogen-bond donors (Lipinski definition) is 1. The molecule has 0 spiro atoms. The van der Waals surface area contributed by atoms with Gasteiger partial charge in [0.1, 0.15) is 0 Å². The van der Waals surface area contributed by atoms with Crippen molar-refractivity contribution < 1.29 is 0 Å². The number of piperazine rings is 1. The number of nitrogens with one attached hydrogen (secondary N) is 1. The Morgan fingerprint density at radius 3 is 2.94 bits per heavy atom. The summed E-state index contributed by atoms with van der Waals surface area (Å²) in [7, 11) is 0. The highest BCUT2D eigenvalue weighted by Gasteiger charge is 2.13. The van der Waals surface area contributed by atoms with Gasteiger partial charge in [0.2, 0.25) is 0 Å². The van der Waals surface area contributed by atoms with Crippen molar-refractivity contribution in [2.24, 2.45) is 0 Å². The lowest BCUT2D eigenvalue weighted by Crippen LogP contribution is -2.49. The van der Waals surface area contributed by atoms with Crippen molar-refractivity contribution in [3.63, 3.8) is 0 Å².